The van der Waals surface area contributed by atoms with Gasteiger partial charge in [-0.2, -0.15) is 0 Å². The van der Waals surface area contributed by atoms with Crippen molar-refractivity contribution in [3.05, 3.63) is 47.8 Å². The first-order valence-corrected chi connectivity index (χ1v) is 6.39. The monoisotopic (exact) mass is 283 g/mol. The first-order valence-electron chi connectivity index (χ1n) is 5.95. The highest BCUT2D eigenvalue weighted by molar-refractivity contribution is 6.25. The lowest BCUT2D eigenvalue weighted by Crippen LogP contribution is -2.12. The van der Waals surface area contributed by atoms with Gasteiger partial charge in [0.05, 0.1) is 12.3 Å². The summed E-state index contributed by atoms with van der Waals surface area (Å²) in [4.78, 5) is 5.02. The van der Waals surface area contributed by atoms with Crippen molar-refractivity contribution in [3.63, 3.8) is 0 Å². The Kier molecular flexibility index (Phi) is 7.54. The van der Waals surface area contributed by atoms with Crippen molar-refractivity contribution in [2.24, 2.45) is 0 Å². The quantitative estimate of drug-likeness (QED) is 0.584. The molecule has 0 aliphatic carbocycles. The second-order valence-corrected chi connectivity index (χ2v) is 3.85. The van der Waals surface area contributed by atoms with Crippen LogP contribution in [-0.2, 0) is 4.84 Å². The first-order chi connectivity index (χ1) is 9.26. The van der Waals surface area contributed by atoms with Crippen LogP contribution in [0.1, 0.15) is 13.8 Å². The second-order valence-electron chi connectivity index (χ2n) is 3.60. The van der Waals surface area contributed by atoms with Crippen molar-refractivity contribution in [1.82, 2.24) is 5.48 Å². The fraction of sp³-hybridized carbons (Fsp3) is 0.286. The van der Waals surface area contributed by atoms with Gasteiger partial charge in [-0.1, -0.05) is 11.6 Å². The number of hydrogen-bond acceptors (Lipinski definition) is 4. The number of benzene rings is 1. The molecule has 104 valence electrons. The molecule has 0 aliphatic rings. The maximum atomic E-state index is 5.45. The van der Waals surface area contributed by atoms with Crippen molar-refractivity contribution >= 4 is 11.6 Å². The second kappa shape index (κ2) is 9.30. The van der Waals surface area contributed by atoms with Crippen LogP contribution in [0.25, 0.3) is 0 Å². The van der Waals surface area contributed by atoms with Gasteiger partial charge in [0.2, 0.25) is 0 Å². The molecule has 0 saturated carbocycles. The molecule has 0 fully saturated rings. The Morgan fingerprint density at radius 2 is 1.95 bits per heavy atom. The highest BCUT2D eigenvalue weighted by Crippen LogP contribution is 2.18. The summed E-state index contributed by atoms with van der Waals surface area (Å²) >= 11 is 5.40. The van der Waals surface area contributed by atoms with E-state index in [-0.39, 0.29) is 0 Å². The number of nitrogens with one attached hydrogen (secondary N) is 1. The molecule has 0 amide bonds. The van der Waals surface area contributed by atoms with Crippen LogP contribution in [0, 0.1) is 0 Å². The highest BCUT2D eigenvalue weighted by Gasteiger charge is 1.95. The van der Waals surface area contributed by atoms with E-state index in [0.717, 1.165) is 17.2 Å². The smallest absolute Gasteiger partial charge is 0.126 e. The summed E-state index contributed by atoms with van der Waals surface area (Å²) in [6.07, 6.45) is 3.30. The van der Waals surface area contributed by atoms with Gasteiger partial charge >= 0.3 is 0 Å². The minimum Gasteiger partial charge on any atom is -0.489 e. The van der Waals surface area contributed by atoms with Crippen LogP contribution >= 0.6 is 11.6 Å². The molecule has 19 heavy (non-hydrogen) atoms. The van der Waals surface area contributed by atoms with E-state index in [1.54, 1.807) is 12.3 Å². The third-order valence-electron chi connectivity index (χ3n) is 2.01. The number of halogens is 1. The average Bonchev–Trinajstić information content (AvgIpc) is 2.44. The van der Waals surface area contributed by atoms with Crippen molar-refractivity contribution in [1.29, 1.82) is 0 Å². The summed E-state index contributed by atoms with van der Waals surface area (Å²) in [5.41, 5.74) is 4.95. The summed E-state index contributed by atoms with van der Waals surface area (Å²) in [7, 11) is 0. The molecule has 1 aromatic carbocycles. The maximum absolute atomic E-state index is 5.45. The summed E-state index contributed by atoms with van der Waals surface area (Å²) < 4.78 is 10.9. The predicted molar refractivity (Wildman–Crippen MR) is 76.1 cm³/mol. The number of allylic oxidation sites excluding steroid dienone is 1. The Balaban J connectivity index is 2.43. The maximum Gasteiger partial charge on any atom is 0.126 e. The third kappa shape index (κ3) is 6.74. The zero-order valence-electron chi connectivity index (χ0n) is 11.1. The van der Waals surface area contributed by atoms with Gasteiger partial charge in [0.15, 0.2) is 0 Å². The van der Waals surface area contributed by atoms with Gasteiger partial charge in [0, 0.05) is 5.54 Å². The van der Waals surface area contributed by atoms with Crippen LogP contribution in [-0.4, -0.2) is 13.2 Å². The van der Waals surface area contributed by atoms with Gasteiger partial charge in [-0.3, -0.25) is 10.3 Å². The summed E-state index contributed by atoms with van der Waals surface area (Å²) in [5.74, 6) is 1.48. The molecule has 4 nitrogen and oxygen atoms in total. The molecule has 0 radical (unpaired) electrons. The molecular weight excluding hydrogens is 266 g/mol. The van der Waals surface area contributed by atoms with Gasteiger partial charge in [-0.15, -0.1) is 0 Å². The van der Waals surface area contributed by atoms with E-state index in [2.05, 4.69) is 5.48 Å². The van der Waals surface area contributed by atoms with E-state index < -0.39 is 0 Å². The first kappa shape index (κ1) is 15.4. The summed E-state index contributed by atoms with van der Waals surface area (Å²) in [6, 6.07) is 7.31. The van der Waals surface area contributed by atoms with Gasteiger partial charge in [-0.25, -0.2) is 0 Å². The fourth-order valence-electron chi connectivity index (χ4n) is 1.16. The highest BCUT2D eigenvalue weighted by atomic mass is 35.5. The lowest BCUT2D eigenvalue weighted by Gasteiger charge is -2.07. The SMILES string of the molecule is CCONC(C)=COc1ccc(OCC=CCl)cc1. The van der Waals surface area contributed by atoms with Crippen molar-refractivity contribution in [3.8, 4) is 11.5 Å². The molecule has 1 rings (SSSR count). The zero-order valence-corrected chi connectivity index (χ0v) is 11.8. The molecule has 0 spiro atoms. The largest absolute Gasteiger partial charge is 0.489 e. The number of ether oxygens (including phenoxy) is 2. The van der Waals surface area contributed by atoms with Crippen LogP contribution in [0.5, 0.6) is 11.5 Å². The fourth-order valence-corrected chi connectivity index (χ4v) is 1.23. The van der Waals surface area contributed by atoms with E-state index in [1.165, 1.54) is 5.54 Å². The molecule has 5 heteroatoms. The number of hydroxylamine groups is 1. The molecule has 0 unspecified atom stereocenters. The van der Waals surface area contributed by atoms with E-state index in [1.807, 2.05) is 38.1 Å². The molecular formula is C14H18ClNO3. The van der Waals surface area contributed by atoms with Crippen LogP contribution in [0.2, 0.25) is 0 Å². The van der Waals surface area contributed by atoms with Crippen LogP contribution < -0.4 is 15.0 Å². The van der Waals surface area contributed by atoms with Crippen LogP contribution in [0.15, 0.2) is 47.8 Å². The topological polar surface area (TPSA) is 39.7 Å². The van der Waals surface area contributed by atoms with Gasteiger partial charge in [-0.05, 0) is 44.2 Å². The molecule has 0 aromatic heterocycles. The van der Waals surface area contributed by atoms with E-state index >= 15 is 0 Å². The minimum atomic E-state index is 0.445. The van der Waals surface area contributed by atoms with Crippen LogP contribution in [0.3, 0.4) is 0 Å². The van der Waals surface area contributed by atoms with E-state index in [0.29, 0.717) is 13.2 Å². The molecule has 0 bridgehead atoms. The molecule has 0 heterocycles. The van der Waals surface area contributed by atoms with Gasteiger partial charge in [0.25, 0.3) is 0 Å². The van der Waals surface area contributed by atoms with Gasteiger partial charge < -0.3 is 9.47 Å². The Morgan fingerprint density at radius 1 is 1.26 bits per heavy atom. The average molecular weight is 284 g/mol. The van der Waals surface area contributed by atoms with E-state index in [4.69, 9.17) is 25.9 Å². The summed E-state index contributed by atoms with van der Waals surface area (Å²) in [5, 5.41) is 0. The molecule has 1 aromatic rings. The lowest BCUT2D eigenvalue weighted by molar-refractivity contribution is 0.0720. The predicted octanol–water partition coefficient (Wildman–Crippen LogP) is 3.60. The lowest BCUT2D eigenvalue weighted by atomic mass is 10.3. The Morgan fingerprint density at radius 3 is 2.58 bits per heavy atom. The Labute approximate surface area is 118 Å². The standard InChI is InChI=1S/C14H18ClNO3/c1-3-19-16-12(2)11-18-14-7-5-13(6-8-14)17-10-4-9-15/h4-9,11,16H,3,10H2,1-2H3. The molecule has 1 N–H and O–H groups in total. The normalized spacial score (nSPS) is 11.6. The van der Waals surface area contributed by atoms with Crippen molar-refractivity contribution < 1.29 is 14.3 Å². The number of hydrogen-bond donors (Lipinski definition) is 1. The Hall–Kier alpha value is -1.65. The summed E-state index contributed by atoms with van der Waals surface area (Å²) in [6.45, 7) is 4.79. The minimum absolute atomic E-state index is 0.445. The van der Waals surface area contributed by atoms with Crippen LogP contribution in [0.4, 0.5) is 0 Å². The molecule has 0 atom stereocenters. The number of rotatable bonds is 8. The zero-order chi connectivity index (χ0) is 13.9. The Bertz CT molecular complexity index is 415. The van der Waals surface area contributed by atoms with Gasteiger partial charge in [0.1, 0.15) is 24.4 Å². The van der Waals surface area contributed by atoms with E-state index in [9.17, 15) is 0 Å². The van der Waals surface area contributed by atoms with Crippen molar-refractivity contribution in [2.75, 3.05) is 13.2 Å². The molecule has 0 aliphatic heterocycles. The van der Waals surface area contributed by atoms with Crippen molar-refractivity contribution in [2.45, 2.75) is 13.8 Å². The third-order valence-corrected chi connectivity index (χ3v) is 2.19. The molecule has 0 saturated heterocycles.